The number of allylic oxidation sites excluding steroid dienone is 2. The lowest BCUT2D eigenvalue weighted by atomic mass is 10.2. The number of likely N-dealkylation sites (N-methyl/N-ethyl adjacent to an activating group) is 1. The van der Waals surface area contributed by atoms with Crippen LogP contribution in [0.2, 0.25) is 0 Å². The number of nitrogens with zero attached hydrogens (tertiary/aromatic N) is 3. The summed E-state index contributed by atoms with van der Waals surface area (Å²) in [6, 6.07) is 5.03. The zero-order chi connectivity index (χ0) is 20.8. The molecule has 10 heteroatoms. The van der Waals surface area contributed by atoms with E-state index in [1.807, 2.05) is 18.2 Å². The quantitative estimate of drug-likeness (QED) is 0.445. The predicted molar refractivity (Wildman–Crippen MR) is 113 cm³/mol. The number of amides is 1. The molecule has 0 aromatic carbocycles. The molecule has 0 bridgehead atoms. The number of nitrogens with one attached hydrogen (secondary N) is 4. The molecule has 0 atom stereocenters. The van der Waals surface area contributed by atoms with Crippen molar-refractivity contribution in [2.75, 3.05) is 31.3 Å². The van der Waals surface area contributed by atoms with Crippen LogP contribution in [0.1, 0.15) is 5.82 Å². The van der Waals surface area contributed by atoms with Gasteiger partial charge in [0.25, 0.3) is 11.5 Å². The van der Waals surface area contributed by atoms with Crippen molar-refractivity contribution in [1.82, 2.24) is 25.2 Å². The third kappa shape index (κ3) is 4.26. The van der Waals surface area contributed by atoms with E-state index in [4.69, 9.17) is 5.73 Å². The van der Waals surface area contributed by atoms with Gasteiger partial charge in [-0.2, -0.15) is 0 Å². The zero-order valence-corrected chi connectivity index (χ0v) is 16.1. The summed E-state index contributed by atoms with van der Waals surface area (Å²) in [5, 5.41) is 11.5. The van der Waals surface area contributed by atoms with Gasteiger partial charge in [0.2, 0.25) is 0 Å². The molecular formula is C19H22N8O2. The van der Waals surface area contributed by atoms with E-state index in [0.717, 1.165) is 6.20 Å². The van der Waals surface area contributed by atoms with Gasteiger partial charge in [0.1, 0.15) is 23.1 Å². The summed E-state index contributed by atoms with van der Waals surface area (Å²) in [7, 11) is 3.17. The molecule has 0 radical (unpaired) electrons. The molecule has 1 amide bonds. The van der Waals surface area contributed by atoms with E-state index in [1.165, 1.54) is 11.6 Å². The van der Waals surface area contributed by atoms with Crippen LogP contribution in [-0.4, -0.2) is 41.1 Å². The predicted octanol–water partition coefficient (Wildman–Crippen LogP) is 0.427. The Labute approximate surface area is 167 Å². The minimum absolute atomic E-state index is 0.112. The second-order valence-electron chi connectivity index (χ2n) is 5.95. The molecule has 150 valence electrons. The summed E-state index contributed by atoms with van der Waals surface area (Å²) >= 11 is 0. The van der Waals surface area contributed by atoms with Crippen molar-refractivity contribution in [3.63, 3.8) is 0 Å². The number of carbonyl (C=O) groups is 1. The van der Waals surface area contributed by atoms with Gasteiger partial charge in [-0.15, -0.1) is 0 Å². The molecule has 0 saturated heterocycles. The fourth-order valence-electron chi connectivity index (χ4n) is 2.68. The molecule has 2 aromatic heterocycles. The second-order valence-corrected chi connectivity index (χ2v) is 5.95. The van der Waals surface area contributed by atoms with Crippen molar-refractivity contribution in [3.05, 3.63) is 65.0 Å². The van der Waals surface area contributed by atoms with Gasteiger partial charge < -0.3 is 27.0 Å². The number of carbonyl (C=O) groups excluding carboxylic acids is 1. The molecule has 1 aliphatic rings. The Morgan fingerprint density at radius 2 is 2.10 bits per heavy atom. The monoisotopic (exact) mass is 394 g/mol. The van der Waals surface area contributed by atoms with Crippen LogP contribution in [0.4, 0.5) is 17.3 Å². The molecule has 0 saturated carbocycles. The van der Waals surface area contributed by atoms with Gasteiger partial charge in [-0.1, -0.05) is 12.2 Å². The minimum atomic E-state index is -0.419. The smallest absolute Gasteiger partial charge is 0.279 e. The number of hydrogen-bond acceptors (Lipinski definition) is 8. The normalized spacial score (nSPS) is 13.3. The number of hydrogen-bond donors (Lipinski definition) is 5. The summed E-state index contributed by atoms with van der Waals surface area (Å²) in [6.07, 6.45) is 8.47. The molecule has 2 aromatic rings. The summed E-state index contributed by atoms with van der Waals surface area (Å²) in [4.78, 5) is 33.5. The Balaban J connectivity index is 1.99. The highest BCUT2D eigenvalue weighted by Crippen LogP contribution is 2.19. The highest BCUT2D eigenvalue weighted by atomic mass is 16.1. The molecule has 0 unspecified atom stereocenters. The lowest BCUT2D eigenvalue weighted by Gasteiger charge is -2.16. The molecule has 1 aliphatic heterocycles. The van der Waals surface area contributed by atoms with Crippen LogP contribution < -0.4 is 32.6 Å². The number of aromatic nitrogens is 3. The number of rotatable bonds is 6. The van der Waals surface area contributed by atoms with Crippen molar-refractivity contribution in [2.45, 2.75) is 0 Å². The second kappa shape index (κ2) is 8.74. The molecule has 0 spiro atoms. The zero-order valence-electron chi connectivity index (χ0n) is 16.1. The SMILES string of the molecule is CNC(=O)/C(=C/N)c1nc(NC)cc(Nc2cccn(C3=CC=CCN3)c2=O)n1. The van der Waals surface area contributed by atoms with Crippen LogP contribution in [0, 0.1) is 0 Å². The number of anilines is 3. The molecule has 6 N–H and O–H groups in total. The molecule has 0 fully saturated rings. The fraction of sp³-hybridized carbons (Fsp3) is 0.158. The highest BCUT2D eigenvalue weighted by Gasteiger charge is 2.16. The maximum Gasteiger partial charge on any atom is 0.279 e. The first-order valence-electron chi connectivity index (χ1n) is 8.88. The standard InChI is InChI=1S/C19H22N8O2/c1-21-14-10-15(26-17(25-14)12(11-20)18(28)22-2)24-13-6-5-9-27(19(13)29)16-7-3-4-8-23-16/h3-7,9-11,23H,8,20H2,1-2H3,(H,22,28)(H2,21,24,25,26)/b12-11+. The van der Waals surface area contributed by atoms with Crippen molar-refractivity contribution < 1.29 is 4.79 Å². The Hall–Kier alpha value is -4.08. The summed E-state index contributed by atoms with van der Waals surface area (Å²) < 4.78 is 1.50. The molecular weight excluding hydrogens is 372 g/mol. The molecule has 0 aliphatic carbocycles. The van der Waals surface area contributed by atoms with E-state index in [9.17, 15) is 9.59 Å². The topological polar surface area (TPSA) is 139 Å². The van der Waals surface area contributed by atoms with Crippen LogP contribution in [-0.2, 0) is 4.79 Å². The van der Waals surface area contributed by atoms with Crippen LogP contribution in [0.3, 0.4) is 0 Å². The first-order chi connectivity index (χ1) is 14.1. The average molecular weight is 394 g/mol. The largest absolute Gasteiger partial charge is 0.404 e. The first-order valence-corrected chi connectivity index (χ1v) is 8.88. The number of dihydropyridines is 1. The van der Waals surface area contributed by atoms with Crippen molar-refractivity contribution >= 4 is 34.6 Å². The van der Waals surface area contributed by atoms with Crippen LogP contribution in [0.15, 0.2) is 53.6 Å². The van der Waals surface area contributed by atoms with Gasteiger partial charge in [0.05, 0.1) is 5.57 Å². The summed E-state index contributed by atoms with van der Waals surface area (Å²) in [6.45, 7) is 0.643. The van der Waals surface area contributed by atoms with E-state index in [2.05, 4.69) is 31.2 Å². The van der Waals surface area contributed by atoms with Gasteiger partial charge in [0, 0.05) is 39.1 Å². The lowest BCUT2D eigenvalue weighted by Crippen LogP contribution is -2.29. The maximum absolute atomic E-state index is 12.9. The molecule has 10 nitrogen and oxygen atoms in total. The minimum Gasteiger partial charge on any atom is -0.404 e. The van der Waals surface area contributed by atoms with E-state index in [1.54, 1.807) is 31.4 Å². The third-order valence-corrected chi connectivity index (χ3v) is 4.12. The fourth-order valence-corrected chi connectivity index (χ4v) is 2.68. The van der Waals surface area contributed by atoms with Crippen molar-refractivity contribution in [1.29, 1.82) is 0 Å². The van der Waals surface area contributed by atoms with Gasteiger partial charge >= 0.3 is 0 Å². The Morgan fingerprint density at radius 1 is 1.31 bits per heavy atom. The lowest BCUT2D eigenvalue weighted by molar-refractivity contribution is -0.115. The van der Waals surface area contributed by atoms with Crippen molar-refractivity contribution in [2.24, 2.45) is 5.73 Å². The highest BCUT2D eigenvalue weighted by molar-refractivity contribution is 6.18. The van der Waals surface area contributed by atoms with Crippen LogP contribution in [0.25, 0.3) is 11.4 Å². The maximum atomic E-state index is 12.9. The Bertz CT molecular complexity index is 1070. The van der Waals surface area contributed by atoms with Crippen LogP contribution >= 0.6 is 0 Å². The molecule has 3 rings (SSSR count). The summed E-state index contributed by atoms with van der Waals surface area (Å²) in [5.41, 5.74) is 5.76. The number of pyridine rings is 1. The summed E-state index contributed by atoms with van der Waals surface area (Å²) in [5.74, 6) is 1.17. The van der Waals surface area contributed by atoms with E-state index >= 15 is 0 Å². The van der Waals surface area contributed by atoms with Gasteiger partial charge in [-0.05, 0) is 18.2 Å². The van der Waals surface area contributed by atoms with Gasteiger partial charge in [0.15, 0.2) is 5.82 Å². The average Bonchev–Trinajstić information content (AvgIpc) is 2.76. The van der Waals surface area contributed by atoms with E-state index in [0.29, 0.717) is 29.7 Å². The first kappa shape index (κ1) is 19.7. The van der Waals surface area contributed by atoms with E-state index < -0.39 is 5.91 Å². The van der Waals surface area contributed by atoms with Crippen LogP contribution in [0.5, 0.6) is 0 Å². The van der Waals surface area contributed by atoms with Crippen molar-refractivity contribution in [3.8, 4) is 0 Å². The van der Waals surface area contributed by atoms with E-state index in [-0.39, 0.29) is 17.0 Å². The molecule has 29 heavy (non-hydrogen) atoms. The Morgan fingerprint density at radius 3 is 2.76 bits per heavy atom. The Kier molecular flexibility index (Phi) is 5.93. The van der Waals surface area contributed by atoms with Gasteiger partial charge in [-0.3, -0.25) is 14.2 Å². The number of nitrogens with two attached hydrogens (primary N) is 1. The van der Waals surface area contributed by atoms with Gasteiger partial charge in [-0.25, -0.2) is 9.97 Å². The molecule has 3 heterocycles. The third-order valence-electron chi connectivity index (χ3n) is 4.12.